The van der Waals surface area contributed by atoms with Crippen LogP contribution in [0.2, 0.25) is 18.1 Å². The second-order valence-electron chi connectivity index (χ2n) is 14.6. The SMILES string of the molecule is COc1ccc(COc2nc(-c3ccc(C)cc3)nc(C(=O)N(CCO[Si](C)(C)C(C)(C)C)Cc3ccc(F)cc3)c2OCc2ccc(OC)cc2)cc1. The predicted molar refractivity (Wildman–Crippen MR) is 211 cm³/mol. The Balaban J connectivity index is 1.60. The van der Waals surface area contributed by atoms with E-state index >= 15 is 0 Å². The van der Waals surface area contributed by atoms with Crippen LogP contribution in [0.4, 0.5) is 4.39 Å². The predicted octanol–water partition coefficient (Wildman–Crippen LogP) is 9.43. The summed E-state index contributed by atoms with van der Waals surface area (Å²) in [4.78, 5) is 26.4. The summed E-state index contributed by atoms with van der Waals surface area (Å²) in [5.74, 6) is 1.19. The topological polar surface area (TPSA) is 92.2 Å². The molecule has 0 saturated heterocycles. The van der Waals surface area contributed by atoms with E-state index in [9.17, 15) is 9.18 Å². The molecule has 284 valence electrons. The third kappa shape index (κ3) is 10.4. The van der Waals surface area contributed by atoms with Crippen LogP contribution in [-0.4, -0.2) is 56.5 Å². The van der Waals surface area contributed by atoms with Crippen LogP contribution in [0.3, 0.4) is 0 Å². The van der Waals surface area contributed by atoms with Crippen molar-refractivity contribution in [1.29, 1.82) is 0 Å². The van der Waals surface area contributed by atoms with Gasteiger partial charge in [0, 0.05) is 18.7 Å². The molecule has 1 heterocycles. The monoisotopic (exact) mass is 751 g/mol. The first-order chi connectivity index (χ1) is 25.8. The van der Waals surface area contributed by atoms with Gasteiger partial charge in [0.1, 0.15) is 30.5 Å². The lowest BCUT2D eigenvalue weighted by atomic mass is 10.1. The summed E-state index contributed by atoms with van der Waals surface area (Å²) >= 11 is 0. The number of aryl methyl sites for hydroxylation is 1. The van der Waals surface area contributed by atoms with Crippen LogP contribution in [0.15, 0.2) is 97.1 Å². The fourth-order valence-corrected chi connectivity index (χ4v) is 6.26. The molecular formula is C43H50FN3O6Si. The zero-order valence-electron chi connectivity index (χ0n) is 32.4. The highest BCUT2D eigenvalue weighted by molar-refractivity contribution is 6.74. The van der Waals surface area contributed by atoms with Gasteiger partial charge in [0.2, 0.25) is 5.75 Å². The normalized spacial score (nSPS) is 11.6. The smallest absolute Gasteiger partial charge is 0.277 e. The molecule has 54 heavy (non-hydrogen) atoms. The van der Waals surface area contributed by atoms with Gasteiger partial charge in [-0.15, -0.1) is 0 Å². The maximum absolute atomic E-state index is 15.0. The van der Waals surface area contributed by atoms with Crippen LogP contribution in [-0.2, 0) is 24.2 Å². The first kappa shape index (κ1) is 39.9. The molecule has 0 aliphatic rings. The third-order valence-electron chi connectivity index (χ3n) is 9.63. The van der Waals surface area contributed by atoms with Gasteiger partial charge in [0.25, 0.3) is 11.8 Å². The number of benzene rings is 4. The second kappa shape index (κ2) is 17.7. The van der Waals surface area contributed by atoms with Gasteiger partial charge in [-0.25, -0.2) is 9.37 Å². The van der Waals surface area contributed by atoms with Gasteiger partial charge < -0.3 is 28.3 Å². The molecule has 0 saturated carbocycles. The van der Waals surface area contributed by atoms with Crippen molar-refractivity contribution in [3.63, 3.8) is 0 Å². The quantitative estimate of drug-likeness (QED) is 0.0922. The molecular weight excluding hydrogens is 702 g/mol. The number of nitrogens with zero attached hydrogens (tertiary/aromatic N) is 3. The zero-order chi connectivity index (χ0) is 38.9. The molecule has 4 aromatic carbocycles. The molecule has 5 aromatic rings. The van der Waals surface area contributed by atoms with Gasteiger partial charge in [-0.3, -0.25) is 4.79 Å². The van der Waals surface area contributed by atoms with Gasteiger partial charge in [-0.2, -0.15) is 4.98 Å². The summed E-state index contributed by atoms with van der Waals surface area (Å²) in [6, 6.07) is 28.8. The number of rotatable bonds is 16. The maximum atomic E-state index is 15.0. The number of hydrogen-bond acceptors (Lipinski definition) is 8. The van der Waals surface area contributed by atoms with Crippen molar-refractivity contribution in [2.75, 3.05) is 27.4 Å². The highest BCUT2D eigenvalue weighted by Gasteiger charge is 2.37. The number of carbonyl (C=O) groups is 1. The Labute approximate surface area is 319 Å². The molecule has 0 radical (unpaired) electrons. The Morgan fingerprint density at radius 1 is 0.741 bits per heavy atom. The van der Waals surface area contributed by atoms with Crippen LogP contribution >= 0.6 is 0 Å². The van der Waals surface area contributed by atoms with Crippen molar-refractivity contribution in [1.82, 2.24) is 14.9 Å². The van der Waals surface area contributed by atoms with Crippen LogP contribution in [0, 0.1) is 12.7 Å². The van der Waals surface area contributed by atoms with Gasteiger partial charge in [-0.05, 0) is 78.1 Å². The fourth-order valence-electron chi connectivity index (χ4n) is 5.23. The molecule has 0 unspecified atom stereocenters. The number of methoxy groups -OCH3 is 2. The Bertz CT molecular complexity index is 1980. The minimum atomic E-state index is -2.14. The number of halogens is 1. The van der Waals surface area contributed by atoms with E-state index in [-0.39, 0.29) is 54.5 Å². The van der Waals surface area contributed by atoms with Crippen molar-refractivity contribution >= 4 is 14.2 Å². The summed E-state index contributed by atoms with van der Waals surface area (Å²) in [6.45, 7) is 13.9. The number of hydrogen-bond donors (Lipinski definition) is 0. The molecule has 0 fully saturated rings. The molecule has 0 aliphatic heterocycles. The van der Waals surface area contributed by atoms with E-state index in [1.807, 2.05) is 79.7 Å². The van der Waals surface area contributed by atoms with Gasteiger partial charge in [-0.1, -0.05) is 87.0 Å². The first-order valence-corrected chi connectivity index (χ1v) is 20.9. The molecule has 0 N–H and O–H groups in total. The molecule has 0 spiro atoms. The van der Waals surface area contributed by atoms with Gasteiger partial charge >= 0.3 is 0 Å². The van der Waals surface area contributed by atoms with Crippen molar-refractivity contribution < 1.29 is 32.6 Å². The molecule has 5 rings (SSSR count). The van der Waals surface area contributed by atoms with Crippen molar-refractivity contribution in [2.24, 2.45) is 0 Å². The summed E-state index contributed by atoms with van der Waals surface area (Å²) in [7, 11) is 1.08. The zero-order valence-corrected chi connectivity index (χ0v) is 33.4. The first-order valence-electron chi connectivity index (χ1n) is 17.9. The van der Waals surface area contributed by atoms with Gasteiger partial charge in [0.15, 0.2) is 19.8 Å². The lowest BCUT2D eigenvalue weighted by Crippen LogP contribution is -2.43. The van der Waals surface area contributed by atoms with E-state index in [0.717, 1.165) is 28.0 Å². The number of carbonyl (C=O) groups excluding carboxylic acids is 1. The van der Waals surface area contributed by atoms with E-state index in [1.54, 1.807) is 31.3 Å². The summed E-state index contributed by atoms with van der Waals surface area (Å²) in [5.41, 5.74) is 4.26. The van der Waals surface area contributed by atoms with E-state index in [2.05, 4.69) is 33.9 Å². The molecule has 1 amide bonds. The lowest BCUT2D eigenvalue weighted by Gasteiger charge is -2.37. The Hall–Kier alpha value is -5.26. The van der Waals surface area contributed by atoms with E-state index < -0.39 is 14.2 Å². The Morgan fingerprint density at radius 2 is 1.28 bits per heavy atom. The molecule has 1 aromatic heterocycles. The highest BCUT2D eigenvalue weighted by atomic mass is 28.4. The van der Waals surface area contributed by atoms with Gasteiger partial charge in [0.05, 0.1) is 20.8 Å². The minimum absolute atomic E-state index is 0.0209. The molecule has 11 heteroatoms. The average molecular weight is 752 g/mol. The maximum Gasteiger partial charge on any atom is 0.277 e. The second-order valence-corrected chi connectivity index (χ2v) is 19.4. The minimum Gasteiger partial charge on any atom is -0.497 e. The van der Waals surface area contributed by atoms with Crippen molar-refractivity contribution in [2.45, 2.75) is 65.6 Å². The molecule has 0 bridgehead atoms. The Kier molecular flexibility index (Phi) is 13.1. The van der Waals surface area contributed by atoms with Crippen molar-refractivity contribution in [3.8, 4) is 34.5 Å². The molecule has 9 nitrogen and oxygen atoms in total. The largest absolute Gasteiger partial charge is 0.497 e. The molecule has 0 aliphatic carbocycles. The molecule has 0 atom stereocenters. The van der Waals surface area contributed by atoms with E-state index in [1.165, 1.54) is 12.1 Å². The van der Waals surface area contributed by atoms with Crippen LogP contribution in [0.5, 0.6) is 23.1 Å². The van der Waals surface area contributed by atoms with Crippen molar-refractivity contribution in [3.05, 3.63) is 131 Å². The highest BCUT2D eigenvalue weighted by Crippen LogP contribution is 2.37. The summed E-state index contributed by atoms with van der Waals surface area (Å²) in [6.07, 6.45) is 0. The number of ether oxygens (including phenoxy) is 4. The fraction of sp³-hybridized carbons (Fsp3) is 0.326. The number of aromatic nitrogens is 2. The summed E-state index contributed by atoms with van der Waals surface area (Å²) in [5, 5.41) is -0.0209. The lowest BCUT2D eigenvalue weighted by molar-refractivity contribution is 0.0698. The summed E-state index contributed by atoms with van der Waals surface area (Å²) < 4.78 is 44.0. The number of amides is 1. The standard InChI is InChI=1S/C43H50FN3O6Si/c1-30-9-17-34(18-10-30)40-45-38(42(48)47(27-31-11-19-35(44)20-12-31)25-26-53-54(7,8)43(2,3)4)39(51-28-32-13-21-36(49-5)22-14-32)41(46-40)52-29-33-15-23-37(50-6)24-16-33/h9-24H,25-29H2,1-8H3. The van der Waals surface area contributed by atoms with Crippen LogP contribution < -0.4 is 18.9 Å². The average Bonchev–Trinajstić information content (AvgIpc) is 3.16. The van der Waals surface area contributed by atoms with E-state index in [0.29, 0.717) is 23.7 Å². The van der Waals surface area contributed by atoms with Crippen LogP contribution in [0.25, 0.3) is 11.4 Å². The van der Waals surface area contributed by atoms with E-state index in [4.69, 9.17) is 33.3 Å². The third-order valence-corrected chi connectivity index (χ3v) is 14.2. The Morgan fingerprint density at radius 3 is 1.81 bits per heavy atom. The van der Waals surface area contributed by atoms with Crippen LogP contribution in [0.1, 0.15) is 53.5 Å².